The molecule has 9 heteroatoms. The maximum absolute atomic E-state index is 13.1. The molecule has 0 unspecified atom stereocenters. The van der Waals surface area contributed by atoms with Gasteiger partial charge in [-0.3, -0.25) is 13.8 Å². The quantitative estimate of drug-likeness (QED) is 0.651. The highest BCUT2D eigenvalue weighted by molar-refractivity contribution is 7.92. The van der Waals surface area contributed by atoms with Crippen LogP contribution in [-0.2, 0) is 17.1 Å². The zero-order chi connectivity index (χ0) is 22.1. The molecule has 0 aliphatic rings. The number of nitrogens with one attached hydrogen (secondary N) is 1. The second-order valence-electron chi connectivity index (χ2n) is 6.95. The van der Waals surface area contributed by atoms with E-state index >= 15 is 0 Å². The van der Waals surface area contributed by atoms with Crippen molar-refractivity contribution in [1.82, 2.24) is 9.78 Å². The standard InChI is InChI=1S/C21H24N4O4S/c1-14-6-9-16(10-7-14)30(27,28)25(4)21-17(13-22-24(21)3)20(26)23-18-12-15(2)8-11-19(18)29-5/h6-13H,1-5H3,(H,23,26). The molecule has 0 saturated carbocycles. The van der Waals surface area contributed by atoms with Crippen LogP contribution in [0.5, 0.6) is 5.75 Å². The third kappa shape index (κ3) is 4.02. The molecule has 2 aromatic carbocycles. The lowest BCUT2D eigenvalue weighted by atomic mass is 10.2. The molecular formula is C21H24N4O4S. The summed E-state index contributed by atoms with van der Waals surface area (Å²) in [7, 11) is 0.613. The minimum atomic E-state index is -3.88. The Morgan fingerprint density at radius 2 is 1.73 bits per heavy atom. The molecule has 0 atom stereocenters. The molecule has 0 radical (unpaired) electrons. The fourth-order valence-electron chi connectivity index (χ4n) is 3.06. The summed E-state index contributed by atoms with van der Waals surface area (Å²) in [5.74, 6) is 0.160. The highest BCUT2D eigenvalue weighted by atomic mass is 32.2. The Bertz CT molecular complexity index is 1180. The first-order chi connectivity index (χ1) is 14.1. The second-order valence-corrected chi connectivity index (χ2v) is 8.92. The summed E-state index contributed by atoms with van der Waals surface area (Å²) < 4.78 is 33.9. The first-order valence-electron chi connectivity index (χ1n) is 9.18. The zero-order valence-corrected chi connectivity index (χ0v) is 18.3. The molecule has 0 aliphatic heterocycles. The van der Waals surface area contributed by atoms with Crippen LogP contribution in [0.3, 0.4) is 0 Å². The number of hydrogen-bond acceptors (Lipinski definition) is 5. The number of rotatable bonds is 6. The minimum absolute atomic E-state index is 0.124. The number of benzene rings is 2. The van der Waals surface area contributed by atoms with Gasteiger partial charge in [0.2, 0.25) is 0 Å². The van der Waals surface area contributed by atoms with Crippen molar-refractivity contribution in [2.24, 2.45) is 7.05 Å². The summed E-state index contributed by atoms with van der Waals surface area (Å²) in [5, 5.41) is 6.89. The van der Waals surface area contributed by atoms with Crippen molar-refractivity contribution in [2.45, 2.75) is 18.7 Å². The second kappa shape index (κ2) is 8.19. The number of sulfonamides is 1. The number of nitrogens with zero attached hydrogens (tertiary/aromatic N) is 3. The molecule has 0 spiro atoms. The molecule has 8 nitrogen and oxygen atoms in total. The topological polar surface area (TPSA) is 93.5 Å². The number of carbonyl (C=O) groups excluding carboxylic acids is 1. The van der Waals surface area contributed by atoms with E-state index in [-0.39, 0.29) is 16.3 Å². The van der Waals surface area contributed by atoms with E-state index in [1.54, 1.807) is 31.3 Å². The van der Waals surface area contributed by atoms with Crippen LogP contribution in [0.1, 0.15) is 21.5 Å². The summed E-state index contributed by atoms with van der Waals surface area (Å²) in [6, 6.07) is 11.9. The van der Waals surface area contributed by atoms with Gasteiger partial charge in [-0.1, -0.05) is 23.8 Å². The maximum Gasteiger partial charge on any atom is 0.265 e. The highest BCUT2D eigenvalue weighted by Crippen LogP contribution is 2.29. The Balaban J connectivity index is 1.97. The van der Waals surface area contributed by atoms with E-state index in [2.05, 4.69) is 10.4 Å². The number of amides is 1. The summed E-state index contributed by atoms with van der Waals surface area (Å²) in [5.41, 5.74) is 2.50. The Kier molecular flexibility index (Phi) is 5.84. The van der Waals surface area contributed by atoms with Crippen LogP contribution in [-0.4, -0.2) is 38.3 Å². The number of aryl methyl sites for hydroxylation is 3. The lowest BCUT2D eigenvalue weighted by Gasteiger charge is -2.21. The molecule has 158 valence electrons. The summed E-state index contributed by atoms with van der Waals surface area (Å²) in [4.78, 5) is 13.1. The first-order valence-corrected chi connectivity index (χ1v) is 10.6. The van der Waals surface area contributed by atoms with Crippen molar-refractivity contribution < 1.29 is 17.9 Å². The van der Waals surface area contributed by atoms with Crippen molar-refractivity contribution in [3.63, 3.8) is 0 Å². The average Bonchev–Trinajstić information content (AvgIpc) is 3.09. The van der Waals surface area contributed by atoms with E-state index in [0.29, 0.717) is 11.4 Å². The Labute approximate surface area is 176 Å². The number of hydrogen-bond donors (Lipinski definition) is 1. The lowest BCUT2D eigenvalue weighted by Crippen LogP contribution is -2.30. The molecule has 1 heterocycles. The van der Waals surface area contributed by atoms with E-state index in [1.165, 1.54) is 37.2 Å². The molecule has 3 aromatic rings. The normalized spacial score (nSPS) is 11.2. The van der Waals surface area contributed by atoms with Gasteiger partial charge in [0.15, 0.2) is 5.82 Å². The molecule has 0 bridgehead atoms. The largest absolute Gasteiger partial charge is 0.495 e. The molecule has 1 N–H and O–H groups in total. The Morgan fingerprint density at radius 1 is 1.10 bits per heavy atom. The van der Waals surface area contributed by atoms with Crippen LogP contribution >= 0.6 is 0 Å². The van der Waals surface area contributed by atoms with E-state index in [1.807, 2.05) is 19.9 Å². The number of anilines is 2. The SMILES string of the molecule is COc1ccc(C)cc1NC(=O)c1cnn(C)c1N(C)S(=O)(=O)c1ccc(C)cc1. The van der Waals surface area contributed by atoms with E-state index < -0.39 is 15.9 Å². The molecule has 3 rings (SSSR count). The third-order valence-corrected chi connectivity index (χ3v) is 6.49. The van der Waals surface area contributed by atoms with Crippen LogP contribution in [0.2, 0.25) is 0 Å². The highest BCUT2D eigenvalue weighted by Gasteiger charge is 2.28. The van der Waals surface area contributed by atoms with Crippen molar-refractivity contribution in [3.05, 3.63) is 65.4 Å². The average molecular weight is 429 g/mol. The molecule has 1 amide bonds. The zero-order valence-electron chi connectivity index (χ0n) is 17.5. The number of ether oxygens (including phenoxy) is 1. The van der Waals surface area contributed by atoms with Gasteiger partial charge < -0.3 is 10.1 Å². The van der Waals surface area contributed by atoms with Gasteiger partial charge in [-0.05, 0) is 43.7 Å². The number of aromatic nitrogens is 2. The van der Waals surface area contributed by atoms with Gasteiger partial charge >= 0.3 is 0 Å². The number of carbonyl (C=O) groups is 1. The van der Waals surface area contributed by atoms with Crippen LogP contribution in [0.25, 0.3) is 0 Å². The first kappa shape index (κ1) is 21.4. The van der Waals surface area contributed by atoms with Crippen LogP contribution in [0, 0.1) is 13.8 Å². The molecule has 1 aromatic heterocycles. The lowest BCUT2D eigenvalue weighted by molar-refractivity contribution is 0.102. The Morgan fingerprint density at radius 3 is 2.37 bits per heavy atom. The third-order valence-electron chi connectivity index (χ3n) is 4.73. The van der Waals surface area contributed by atoms with Crippen LogP contribution < -0.4 is 14.4 Å². The fourth-order valence-corrected chi connectivity index (χ4v) is 4.30. The van der Waals surface area contributed by atoms with Crippen molar-refractivity contribution in [3.8, 4) is 5.75 Å². The van der Waals surface area contributed by atoms with E-state index in [4.69, 9.17) is 4.74 Å². The maximum atomic E-state index is 13.1. The fraction of sp³-hybridized carbons (Fsp3) is 0.238. The van der Waals surface area contributed by atoms with Gasteiger partial charge in [0.25, 0.3) is 15.9 Å². The molecule has 30 heavy (non-hydrogen) atoms. The van der Waals surface area contributed by atoms with Crippen molar-refractivity contribution >= 4 is 27.4 Å². The predicted octanol–water partition coefficient (Wildman–Crippen LogP) is 3.12. The Hall–Kier alpha value is -3.33. The van der Waals surface area contributed by atoms with Crippen molar-refractivity contribution in [1.29, 1.82) is 0 Å². The van der Waals surface area contributed by atoms with Crippen LogP contribution in [0.15, 0.2) is 53.6 Å². The van der Waals surface area contributed by atoms with Crippen LogP contribution in [0.4, 0.5) is 11.5 Å². The molecular weight excluding hydrogens is 404 g/mol. The minimum Gasteiger partial charge on any atom is -0.495 e. The van der Waals surface area contributed by atoms with Gasteiger partial charge in [-0.25, -0.2) is 8.42 Å². The van der Waals surface area contributed by atoms with Gasteiger partial charge in [-0.2, -0.15) is 5.10 Å². The molecule has 0 fully saturated rings. The molecule has 0 saturated heterocycles. The van der Waals surface area contributed by atoms with Crippen molar-refractivity contribution in [2.75, 3.05) is 23.8 Å². The van der Waals surface area contributed by atoms with E-state index in [0.717, 1.165) is 15.4 Å². The monoisotopic (exact) mass is 428 g/mol. The van der Waals surface area contributed by atoms with Gasteiger partial charge in [-0.15, -0.1) is 0 Å². The predicted molar refractivity (Wildman–Crippen MR) is 116 cm³/mol. The summed E-state index contributed by atoms with van der Waals surface area (Å²) >= 11 is 0. The van der Waals surface area contributed by atoms with Gasteiger partial charge in [0.05, 0.1) is 23.9 Å². The summed E-state index contributed by atoms with van der Waals surface area (Å²) in [6.07, 6.45) is 1.34. The molecule has 0 aliphatic carbocycles. The van der Waals surface area contributed by atoms with E-state index in [9.17, 15) is 13.2 Å². The van der Waals surface area contributed by atoms with Gasteiger partial charge in [0, 0.05) is 14.1 Å². The smallest absolute Gasteiger partial charge is 0.265 e. The summed E-state index contributed by atoms with van der Waals surface area (Å²) in [6.45, 7) is 3.77. The number of methoxy groups -OCH3 is 1. The van der Waals surface area contributed by atoms with Gasteiger partial charge in [0.1, 0.15) is 11.3 Å².